The summed E-state index contributed by atoms with van der Waals surface area (Å²) in [4.78, 5) is 16.7. The normalized spacial score (nSPS) is 8.85. The average molecular weight is 176 g/mol. The molecule has 0 spiro atoms. The molecule has 0 fully saturated rings. The molecule has 0 saturated carbocycles. The molecule has 0 aromatic carbocycles. The minimum Gasteiger partial charge on any atom is -0.366 e. The zero-order valence-electron chi connectivity index (χ0n) is 6.87. The van der Waals surface area contributed by atoms with E-state index in [9.17, 15) is 4.79 Å². The third-order valence-corrected chi connectivity index (χ3v) is 1.29. The second-order valence-corrected chi connectivity index (χ2v) is 2.27. The van der Waals surface area contributed by atoms with E-state index in [-0.39, 0.29) is 5.69 Å². The third-order valence-electron chi connectivity index (χ3n) is 1.29. The van der Waals surface area contributed by atoms with Crippen molar-refractivity contribution in [2.45, 2.75) is 0 Å². The molecule has 0 bridgehead atoms. The Hall–Kier alpha value is -2.09. The highest BCUT2D eigenvalue weighted by atomic mass is 16.1. The van der Waals surface area contributed by atoms with Gasteiger partial charge in [0.1, 0.15) is 17.6 Å². The maximum Gasteiger partial charge on any atom is 0.347 e. The van der Waals surface area contributed by atoms with Crippen LogP contribution in [0.5, 0.6) is 0 Å². The largest absolute Gasteiger partial charge is 0.366 e. The Balaban J connectivity index is 2.96. The second-order valence-electron chi connectivity index (χ2n) is 2.27. The van der Waals surface area contributed by atoms with Crippen molar-refractivity contribution in [3.8, 4) is 6.07 Å². The van der Waals surface area contributed by atoms with Crippen LogP contribution in [-0.2, 0) is 0 Å². The summed E-state index contributed by atoms with van der Waals surface area (Å²) in [5.74, 6) is 0.375. The number of nitrogens with one attached hydrogen (secondary N) is 2. The number of aromatic nitrogens is 2. The van der Waals surface area contributed by atoms with Crippen LogP contribution < -0.4 is 11.0 Å². The van der Waals surface area contributed by atoms with Crippen LogP contribution in [0.4, 0.5) is 5.82 Å². The lowest BCUT2D eigenvalue weighted by Crippen LogP contribution is -2.14. The summed E-state index contributed by atoms with van der Waals surface area (Å²) in [6.07, 6.45) is 1.63. The van der Waals surface area contributed by atoms with Gasteiger partial charge in [-0.25, -0.2) is 4.79 Å². The topological polar surface area (TPSA) is 81.6 Å². The first-order chi connectivity index (χ1) is 6.26. The van der Waals surface area contributed by atoms with Crippen LogP contribution in [0.3, 0.4) is 0 Å². The van der Waals surface area contributed by atoms with Crippen LogP contribution in [0.25, 0.3) is 0 Å². The number of rotatable bonds is 3. The Kier molecular flexibility index (Phi) is 2.82. The molecule has 0 aliphatic carbocycles. The highest BCUT2D eigenvalue weighted by Crippen LogP contribution is 1.99. The maximum absolute atomic E-state index is 10.8. The summed E-state index contributed by atoms with van der Waals surface area (Å²) in [5.41, 5.74) is -0.350. The molecule has 1 rings (SSSR count). The number of H-pyrrole nitrogens is 1. The van der Waals surface area contributed by atoms with Crippen molar-refractivity contribution in [2.24, 2.45) is 0 Å². The summed E-state index contributed by atoms with van der Waals surface area (Å²) in [7, 11) is 0. The SMILES string of the molecule is C=CCNc1cc(C#N)[nH]c(=O)n1. The molecular formula is C8H8N4O. The molecule has 66 valence electrons. The summed E-state index contributed by atoms with van der Waals surface area (Å²) in [6.45, 7) is 4.00. The second kappa shape index (κ2) is 4.07. The standard InChI is InChI=1S/C8H8N4O/c1-2-3-10-7-4-6(5-9)11-8(13)12-7/h2,4H,1,3H2,(H2,10,11,12,13). The smallest absolute Gasteiger partial charge is 0.347 e. The molecule has 0 atom stereocenters. The molecule has 5 nitrogen and oxygen atoms in total. The molecule has 0 amide bonds. The van der Waals surface area contributed by atoms with Gasteiger partial charge in [0.05, 0.1) is 0 Å². The Morgan fingerprint density at radius 2 is 2.62 bits per heavy atom. The maximum atomic E-state index is 10.8. The number of hydrogen-bond donors (Lipinski definition) is 2. The van der Waals surface area contributed by atoms with Crippen LogP contribution in [0.1, 0.15) is 5.69 Å². The molecule has 1 aromatic heterocycles. The van der Waals surface area contributed by atoms with E-state index in [0.29, 0.717) is 12.4 Å². The molecule has 1 aromatic rings. The van der Waals surface area contributed by atoms with Crippen molar-refractivity contribution in [1.82, 2.24) is 9.97 Å². The molecule has 2 N–H and O–H groups in total. The molecule has 0 unspecified atom stereocenters. The summed E-state index contributed by atoms with van der Waals surface area (Å²) in [6, 6.07) is 3.29. The first-order valence-corrected chi connectivity index (χ1v) is 3.62. The van der Waals surface area contributed by atoms with Gasteiger partial charge in [0, 0.05) is 12.6 Å². The minimum atomic E-state index is -0.536. The number of nitriles is 1. The number of aromatic amines is 1. The van der Waals surface area contributed by atoms with Gasteiger partial charge in [-0.2, -0.15) is 10.2 Å². The molecular weight excluding hydrogens is 168 g/mol. The van der Waals surface area contributed by atoms with E-state index in [1.54, 1.807) is 6.08 Å². The predicted octanol–water partition coefficient (Wildman–Crippen LogP) is 0.239. The first-order valence-electron chi connectivity index (χ1n) is 3.62. The van der Waals surface area contributed by atoms with Gasteiger partial charge >= 0.3 is 5.69 Å². The molecule has 0 aliphatic rings. The van der Waals surface area contributed by atoms with Crippen molar-refractivity contribution in [1.29, 1.82) is 5.26 Å². The van der Waals surface area contributed by atoms with Crippen LogP contribution in [0, 0.1) is 11.3 Å². The monoisotopic (exact) mass is 176 g/mol. The van der Waals surface area contributed by atoms with E-state index in [0.717, 1.165) is 0 Å². The van der Waals surface area contributed by atoms with Crippen molar-refractivity contribution in [2.75, 3.05) is 11.9 Å². The van der Waals surface area contributed by atoms with Gasteiger partial charge in [0.15, 0.2) is 0 Å². The van der Waals surface area contributed by atoms with Gasteiger partial charge in [-0.1, -0.05) is 6.08 Å². The van der Waals surface area contributed by atoms with E-state index in [1.807, 2.05) is 6.07 Å². The minimum absolute atomic E-state index is 0.187. The fourth-order valence-corrected chi connectivity index (χ4v) is 0.785. The zero-order valence-corrected chi connectivity index (χ0v) is 6.87. The van der Waals surface area contributed by atoms with Crippen molar-refractivity contribution >= 4 is 5.82 Å². The summed E-state index contributed by atoms with van der Waals surface area (Å²) >= 11 is 0. The summed E-state index contributed by atoms with van der Waals surface area (Å²) < 4.78 is 0. The Bertz CT molecular complexity index is 401. The average Bonchev–Trinajstić information content (AvgIpc) is 2.14. The number of nitrogens with zero attached hydrogens (tertiary/aromatic N) is 2. The Labute approximate surface area is 74.7 Å². The quantitative estimate of drug-likeness (QED) is 0.646. The highest BCUT2D eigenvalue weighted by molar-refractivity contribution is 5.38. The lowest BCUT2D eigenvalue weighted by molar-refractivity contribution is 1.05. The number of anilines is 1. The fourth-order valence-electron chi connectivity index (χ4n) is 0.785. The van der Waals surface area contributed by atoms with Crippen LogP contribution >= 0.6 is 0 Å². The molecule has 0 radical (unpaired) electrons. The van der Waals surface area contributed by atoms with Crippen molar-refractivity contribution in [3.63, 3.8) is 0 Å². The van der Waals surface area contributed by atoms with E-state index in [1.165, 1.54) is 6.07 Å². The van der Waals surface area contributed by atoms with Gasteiger partial charge < -0.3 is 5.32 Å². The Morgan fingerprint density at radius 3 is 3.23 bits per heavy atom. The van der Waals surface area contributed by atoms with Gasteiger partial charge in [0.2, 0.25) is 0 Å². The molecule has 1 heterocycles. The van der Waals surface area contributed by atoms with Crippen LogP contribution in [0.2, 0.25) is 0 Å². The van der Waals surface area contributed by atoms with Crippen molar-refractivity contribution < 1.29 is 0 Å². The third kappa shape index (κ3) is 2.45. The number of hydrogen-bond acceptors (Lipinski definition) is 4. The fraction of sp³-hybridized carbons (Fsp3) is 0.125. The van der Waals surface area contributed by atoms with Gasteiger partial charge in [-0.15, -0.1) is 6.58 Å². The van der Waals surface area contributed by atoms with Crippen molar-refractivity contribution in [3.05, 3.63) is 34.9 Å². The first kappa shape index (κ1) is 9.00. The van der Waals surface area contributed by atoms with Crippen LogP contribution in [0.15, 0.2) is 23.5 Å². The zero-order chi connectivity index (χ0) is 9.68. The predicted molar refractivity (Wildman–Crippen MR) is 48.3 cm³/mol. The molecule has 5 heteroatoms. The Morgan fingerprint density at radius 1 is 1.85 bits per heavy atom. The van der Waals surface area contributed by atoms with E-state index >= 15 is 0 Å². The lowest BCUT2D eigenvalue weighted by Gasteiger charge is -2.00. The lowest BCUT2D eigenvalue weighted by atomic mass is 10.4. The molecule has 0 aliphatic heterocycles. The van der Waals surface area contributed by atoms with Gasteiger partial charge in [-0.3, -0.25) is 4.98 Å². The van der Waals surface area contributed by atoms with E-state index in [4.69, 9.17) is 5.26 Å². The van der Waals surface area contributed by atoms with Crippen LogP contribution in [-0.4, -0.2) is 16.5 Å². The van der Waals surface area contributed by atoms with Gasteiger partial charge in [0.25, 0.3) is 0 Å². The molecule has 13 heavy (non-hydrogen) atoms. The van der Waals surface area contributed by atoms with E-state index in [2.05, 4.69) is 21.9 Å². The highest BCUT2D eigenvalue weighted by Gasteiger charge is 1.97. The van der Waals surface area contributed by atoms with E-state index < -0.39 is 5.69 Å². The molecule has 0 saturated heterocycles. The summed E-state index contributed by atoms with van der Waals surface area (Å²) in [5, 5.41) is 11.3. The van der Waals surface area contributed by atoms with Gasteiger partial charge in [-0.05, 0) is 0 Å².